The molecule has 1 aromatic heterocycles. The molecule has 3 aromatic rings. The minimum absolute atomic E-state index is 0.127. The summed E-state index contributed by atoms with van der Waals surface area (Å²) in [7, 11) is 1.37. The lowest BCUT2D eigenvalue weighted by atomic mass is 9.87. The van der Waals surface area contributed by atoms with Gasteiger partial charge in [-0.05, 0) is 30.2 Å². The smallest absolute Gasteiger partial charge is 0.309 e. The number of Topliss-reactive ketones (excluding diaryl/α,β-unsaturated/α-hetero) is 1. The Bertz CT molecular complexity index is 1100. The number of methoxy groups -OCH3 is 1. The summed E-state index contributed by atoms with van der Waals surface area (Å²) in [4.78, 5) is 29.3. The molecule has 0 aliphatic rings. The highest BCUT2D eigenvalue weighted by Crippen LogP contribution is 2.32. The van der Waals surface area contributed by atoms with E-state index in [1.165, 1.54) is 31.5 Å². The summed E-state index contributed by atoms with van der Waals surface area (Å²) in [6.45, 7) is 3.35. The van der Waals surface area contributed by atoms with Gasteiger partial charge in [-0.25, -0.2) is 9.37 Å². The number of aromatic hydroxyl groups is 1. The summed E-state index contributed by atoms with van der Waals surface area (Å²) in [5.41, 5.74) is 1.56. The Labute approximate surface area is 192 Å². The van der Waals surface area contributed by atoms with Gasteiger partial charge in [-0.2, -0.15) is 0 Å². The molecule has 0 bridgehead atoms. The summed E-state index contributed by atoms with van der Waals surface area (Å²) in [5, 5.41) is 10.1. The maximum absolute atomic E-state index is 13.5. The number of rotatable bonds is 9. The zero-order valence-corrected chi connectivity index (χ0v) is 18.7. The molecule has 0 aliphatic carbocycles. The van der Waals surface area contributed by atoms with Gasteiger partial charge in [0.2, 0.25) is 0 Å². The van der Waals surface area contributed by atoms with Crippen molar-refractivity contribution in [3.63, 3.8) is 0 Å². The molecule has 0 saturated carbocycles. The Morgan fingerprint density at radius 3 is 2.27 bits per heavy atom. The fourth-order valence-electron chi connectivity index (χ4n) is 3.70. The maximum Gasteiger partial charge on any atom is 0.309 e. The van der Waals surface area contributed by atoms with Crippen molar-refractivity contribution in [1.29, 1.82) is 0 Å². The number of hydrogen-bond acceptors (Lipinski definition) is 6. The summed E-state index contributed by atoms with van der Waals surface area (Å²) in [6, 6.07) is 17.0. The van der Waals surface area contributed by atoms with Gasteiger partial charge in [-0.3, -0.25) is 9.59 Å². The highest BCUT2D eigenvalue weighted by atomic mass is 19.1. The number of esters is 1. The van der Waals surface area contributed by atoms with Gasteiger partial charge < -0.3 is 14.6 Å². The molecular weight excluding hydrogens is 425 g/mol. The molecule has 6 nitrogen and oxygen atoms in total. The second kappa shape index (κ2) is 10.7. The average Bonchev–Trinajstić information content (AvgIpc) is 2.81. The Kier molecular flexibility index (Phi) is 7.77. The van der Waals surface area contributed by atoms with Crippen LogP contribution in [0.15, 0.2) is 66.9 Å². The number of ether oxygens (including phenoxy) is 2. The van der Waals surface area contributed by atoms with Crippen LogP contribution in [0.25, 0.3) is 0 Å². The van der Waals surface area contributed by atoms with E-state index in [4.69, 9.17) is 9.47 Å². The fraction of sp³-hybridized carbons (Fsp3) is 0.269. The summed E-state index contributed by atoms with van der Waals surface area (Å²) in [5.74, 6) is -2.72. The first-order valence-corrected chi connectivity index (χ1v) is 10.6. The van der Waals surface area contributed by atoms with Gasteiger partial charge in [0.25, 0.3) is 0 Å². The molecule has 1 N–H and O–H groups in total. The quantitative estimate of drug-likeness (QED) is 0.368. The summed E-state index contributed by atoms with van der Waals surface area (Å²) in [6.07, 6.45) is 0.585. The lowest BCUT2D eigenvalue weighted by Crippen LogP contribution is -2.28. The van der Waals surface area contributed by atoms with E-state index in [0.717, 1.165) is 11.1 Å². The molecule has 0 aliphatic heterocycles. The molecule has 7 heteroatoms. The largest absolute Gasteiger partial charge is 0.503 e. The Morgan fingerprint density at radius 2 is 1.64 bits per heavy atom. The Balaban J connectivity index is 1.74. The lowest BCUT2D eigenvalue weighted by Gasteiger charge is -2.26. The monoisotopic (exact) mass is 451 g/mol. The third-order valence-electron chi connectivity index (χ3n) is 5.42. The van der Waals surface area contributed by atoms with Crippen LogP contribution < -0.4 is 4.74 Å². The van der Waals surface area contributed by atoms with Gasteiger partial charge in [0.05, 0.1) is 13.0 Å². The van der Waals surface area contributed by atoms with Crippen LogP contribution in [0.1, 0.15) is 47.8 Å². The van der Waals surface area contributed by atoms with Crippen LogP contribution in [-0.4, -0.2) is 35.1 Å². The van der Waals surface area contributed by atoms with Gasteiger partial charge in [-0.15, -0.1) is 0 Å². The topological polar surface area (TPSA) is 85.7 Å². The maximum atomic E-state index is 13.5. The van der Waals surface area contributed by atoms with Crippen molar-refractivity contribution in [2.75, 3.05) is 7.11 Å². The summed E-state index contributed by atoms with van der Waals surface area (Å²) >= 11 is 0. The number of benzene rings is 2. The number of carbonyl (C=O) groups excluding carboxylic acids is 2. The van der Waals surface area contributed by atoms with E-state index < -0.39 is 23.8 Å². The van der Waals surface area contributed by atoms with Crippen LogP contribution in [-0.2, 0) is 9.53 Å². The van der Waals surface area contributed by atoms with Crippen molar-refractivity contribution in [2.24, 2.45) is 5.92 Å². The number of halogens is 1. The van der Waals surface area contributed by atoms with Crippen molar-refractivity contribution in [1.82, 2.24) is 4.98 Å². The number of hydrogen-bond donors (Lipinski definition) is 1. The van der Waals surface area contributed by atoms with Crippen LogP contribution in [0.5, 0.6) is 11.5 Å². The van der Waals surface area contributed by atoms with Gasteiger partial charge in [0.15, 0.2) is 23.0 Å². The van der Waals surface area contributed by atoms with Crippen molar-refractivity contribution in [3.05, 3.63) is 89.5 Å². The van der Waals surface area contributed by atoms with E-state index in [0.29, 0.717) is 0 Å². The van der Waals surface area contributed by atoms with Crippen LogP contribution in [0, 0.1) is 11.7 Å². The normalized spacial score (nSPS) is 13.6. The van der Waals surface area contributed by atoms with Crippen molar-refractivity contribution >= 4 is 11.8 Å². The molecular formula is C26H26FNO5. The van der Waals surface area contributed by atoms with E-state index in [1.807, 2.05) is 30.3 Å². The molecule has 0 amide bonds. The Hall–Kier alpha value is -3.74. The molecule has 0 saturated heterocycles. The van der Waals surface area contributed by atoms with Gasteiger partial charge >= 0.3 is 5.97 Å². The number of ketones is 1. The first kappa shape index (κ1) is 23.9. The summed E-state index contributed by atoms with van der Waals surface area (Å²) < 4.78 is 24.2. The van der Waals surface area contributed by atoms with Gasteiger partial charge in [-0.1, -0.05) is 49.4 Å². The highest BCUT2D eigenvalue weighted by Gasteiger charge is 2.29. The first-order valence-electron chi connectivity index (χ1n) is 10.6. The average molecular weight is 451 g/mol. The van der Waals surface area contributed by atoms with Gasteiger partial charge in [0.1, 0.15) is 11.9 Å². The number of nitrogens with zero attached hydrogens (tertiary/aromatic N) is 1. The van der Waals surface area contributed by atoms with E-state index >= 15 is 0 Å². The van der Waals surface area contributed by atoms with Crippen LogP contribution in [0.2, 0.25) is 0 Å². The molecule has 2 aromatic carbocycles. The fourth-order valence-corrected chi connectivity index (χ4v) is 3.70. The van der Waals surface area contributed by atoms with Crippen LogP contribution in [0.3, 0.4) is 0 Å². The molecule has 3 atom stereocenters. The molecule has 33 heavy (non-hydrogen) atoms. The van der Waals surface area contributed by atoms with Crippen LogP contribution >= 0.6 is 0 Å². The number of carbonyl (C=O) groups is 2. The molecule has 3 rings (SSSR count). The van der Waals surface area contributed by atoms with E-state index in [9.17, 15) is 19.1 Å². The third kappa shape index (κ3) is 5.74. The Morgan fingerprint density at radius 1 is 1.00 bits per heavy atom. The molecule has 0 radical (unpaired) electrons. The number of pyridine rings is 1. The minimum Gasteiger partial charge on any atom is -0.503 e. The highest BCUT2D eigenvalue weighted by molar-refractivity contribution is 5.99. The second-order valence-corrected chi connectivity index (χ2v) is 7.82. The zero-order valence-electron chi connectivity index (χ0n) is 18.7. The molecule has 1 heterocycles. The SMILES string of the molecule is COc1ccnc(C(=O)C[C@@H](C)C(=O)O[C@@H](C)[C@@H](c2ccccc2)c2ccc(F)cc2)c1O. The standard InChI is InChI=1S/C26H26FNO5/c1-16(15-21(29)24-25(30)22(32-3)13-14-28-24)26(31)33-17(2)23(18-7-5-4-6-8-18)19-9-11-20(27)12-10-19/h4-14,16-17,23,30H,15H2,1-3H3/t16-,17+,23+/m1/s1. The molecule has 172 valence electrons. The van der Waals surface area contributed by atoms with E-state index in [-0.39, 0.29) is 35.3 Å². The zero-order chi connectivity index (χ0) is 24.0. The van der Waals surface area contributed by atoms with Crippen molar-refractivity contribution < 1.29 is 28.6 Å². The first-order chi connectivity index (χ1) is 15.8. The van der Waals surface area contributed by atoms with Crippen molar-refractivity contribution in [3.8, 4) is 11.5 Å². The predicted molar refractivity (Wildman–Crippen MR) is 121 cm³/mol. The molecule has 0 spiro atoms. The molecule has 0 unspecified atom stereocenters. The van der Waals surface area contributed by atoms with Crippen LogP contribution in [0.4, 0.5) is 4.39 Å². The van der Waals surface area contributed by atoms with Crippen molar-refractivity contribution in [2.45, 2.75) is 32.3 Å². The second-order valence-electron chi connectivity index (χ2n) is 7.82. The predicted octanol–water partition coefficient (Wildman–Crippen LogP) is 4.91. The van der Waals surface area contributed by atoms with Gasteiger partial charge in [0, 0.05) is 24.6 Å². The molecule has 0 fully saturated rings. The lowest BCUT2D eigenvalue weighted by molar-refractivity contribution is -0.153. The number of aromatic nitrogens is 1. The third-order valence-corrected chi connectivity index (χ3v) is 5.42. The minimum atomic E-state index is -0.767. The van der Waals surface area contributed by atoms with E-state index in [1.54, 1.807) is 26.0 Å². The van der Waals surface area contributed by atoms with E-state index in [2.05, 4.69) is 4.98 Å².